The van der Waals surface area contributed by atoms with E-state index >= 15 is 0 Å². The fraction of sp³-hybridized carbons (Fsp3) is 0.312. The molecule has 1 heterocycles. The number of hydrogen-bond donors (Lipinski definition) is 3. The van der Waals surface area contributed by atoms with Gasteiger partial charge in [0.1, 0.15) is 18.1 Å². The summed E-state index contributed by atoms with van der Waals surface area (Å²) in [5.74, 6) is 0.531. The zero-order chi connectivity index (χ0) is 15.2. The topological polar surface area (TPSA) is 74.3 Å². The van der Waals surface area contributed by atoms with Crippen molar-refractivity contribution in [3.63, 3.8) is 0 Å². The van der Waals surface area contributed by atoms with E-state index in [1.165, 1.54) is 0 Å². The standard InChI is InChI=1S/C16H20N2O3/c1-11-9-12(2)18-15(11)16(20)17-10-13-5-3-4-6-14(13)21-8-7-19/h3-6,9,18-19H,7-8,10H2,1-2H3,(H,17,20). The summed E-state index contributed by atoms with van der Waals surface area (Å²) in [6.07, 6.45) is 0. The van der Waals surface area contributed by atoms with Crippen molar-refractivity contribution in [3.8, 4) is 5.75 Å². The van der Waals surface area contributed by atoms with Crippen LogP contribution in [-0.2, 0) is 6.54 Å². The second kappa shape index (κ2) is 6.95. The highest BCUT2D eigenvalue weighted by molar-refractivity contribution is 5.93. The van der Waals surface area contributed by atoms with Gasteiger partial charge >= 0.3 is 0 Å². The second-order valence-corrected chi connectivity index (χ2v) is 4.87. The van der Waals surface area contributed by atoms with Crippen molar-refractivity contribution in [2.45, 2.75) is 20.4 Å². The van der Waals surface area contributed by atoms with Crippen molar-refractivity contribution in [1.82, 2.24) is 10.3 Å². The lowest BCUT2D eigenvalue weighted by molar-refractivity contribution is 0.0945. The highest BCUT2D eigenvalue weighted by atomic mass is 16.5. The van der Waals surface area contributed by atoms with E-state index in [1.807, 2.05) is 44.2 Å². The summed E-state index contributed by atoms with van der Waals surface area (Å²) in [5.41, 5.74) is 3.35. The van der Waals surface area contributed by atoms with E-state index in [0.29, 0.717) is 18.0 Å². The average molecular weight is 288 g/mol. The van der Waals surface area contributed by atoms with E-state index in [2.05, 4.69) is 10.3 Å². The molecule has 0 aliphatic heterocycles. The van der Waals surface area contributed by atoms with Gasteiger partial charge in [-0.2, -0.15) is 0 Å². The average Bonchev–Trinajstić information content (AvgIpc) is 2.82. The lowest BCUT2D eigenvalue weighted by Gasteiger charge is -2.11. The maximum absolute atomic E-state index is 12.2. The molecule has 5 heteroatoms. The Balaban J connectivity index is 2.03. The molecule has 0 unspecified atom stereocenters. The van der Waals surface area contributed by atoms with Crippen LogP contribution in [0.25, 0.3) is 0 Å². The first-order chi connectivity index (χ1) is 10.1. The molecular weight excluding hydrogens is 268 g/mol. The molecule has 0 radical (unpaired) electrons. The van der Waals surface area contributed by atoms with Crippen LogP contribution in [-0.4, -0.2) is 29.2 Å². The molecule has 0 saturated carbocycles. The quantitative estimate of drug-likeness (QED) is 0.760. The number of nitrogens with one attached hydrogen (secondary N) is 2. The van der Waals surface area contributed by atoms with Crippen molar-refractivity contribution in [3.05, 3.63) is 52.8 Å². The predicted molar refractivity (Wildman–Crippen MR) is 80.5 cm³/mol. The SMILES string of the molecule is Cc1cc(C)c(C(=O)NCc2ccccc2OCCO)[nH]1. The number of hydrogen-bond acceptors (Lipinski definition) is 3. The van der Waals surface area contributed by atoms with E-state index in [1.54, 1.807) is 0 Å². The van der Waals surface area contributed by atoms with Gasteiger partial charge in [0.05, 0.1) is 6.61 Å². The molecule has 2 rings (SSSR count). The number of carbonyl (C=O) groups excluding carboxylic acids is 1. The number of aliphatic hydroxyl groups is 1. The molecule has 2 aromatic rings. The summed E-state index contributed by atoms with van der Waals surface area (Å²) in [6.45, 7) is 4.39. The van der Waals surface area contributed by atoms with Crippen molar-refractivity contribution in [2.24, 2.45) is 0 Å². The van der Waals surface area contributed by atoms with Crippen LogP contribution in [0.15, 0.2) is 30.3 Å². The molecule has 1 aromatic carbocycles. The van der Waals surface area contributed by atoms with Crippen LogP contribution in [0, 0.1) is 13.8 Å². The fourth-order valence-corrected chi connectivity index (χ4v) is 2.17. The Kier molecular flexibility index (Phi) is 5.00. The van der Waals surface area contributed by atoms with Crippen molar-refractivity contribution in [1.29, 1.82) is 0 Å². The van der Waals surface area contributed by atoms with Gasteiger partial charge in [-0.3, -0.25) is 4.79 Å². The molecule has 0 bridgehead atoms. The van der Waals surface area contributed by atoms with E-state index in [4.69, 9.17) is 9.84 Å². The number of carbonyl (C=O) groups is 1. The van der Waals surface area contributed by atoms with E-state index < -0.39 is 0 Å². The molecule has 0 atom stereocenters. The van der Waals surface area contributed by atoms with Crippen molar-refractivity contribution < 1.29 is 14.6 Å². The Hall–Kier alpha value is -2.27. The predicted octanol–water partition coefficient (Wildman–Crippen LogP) is 1.93. The van der Waals surface area contributed by atoms with Gasteiger partial charge in [0.15, 0.2) is 0 Å². The Morgan fingerprint density at radius 1 is 1.33 bits per heavy atom. The first-order valence-electron chi connectivity index (χ1n) is 6.87. The lowest BCUT2D eigenvalue weighted by Crippen LogP contribution is -2.24. The number of rotatable bonds is 6. The van der Waals surface area contributed by atoms with Crippen molar-refractivity contribution in [2.75, 3.05) is 13.2 Å². The van der Waals surface area contributed by atoms with Gasteiger partial charge in [-0.25, -0.2) is 0 Å². The van der Waals surface area contributed by atoms with Crippen molar-refractivity contribution >= 4 is 5.91 Å². The molecule has 0 fully saturated rings. The number of ether oxygens (including phenoxy) is 1. The molecule has 0 saturated heterocycles. The summed E-state index contributed by atoms with van der Waals surface area (Å²) in [4.78, 5) is 15.2. The highest BCUT2D eigenvalue weighted by Gasteiger charge is 2.12. The Labute approximate surface area is 124 Å². The third-order valence-corrected chi connectivity index (χ3v) is 3.14. The molecular formula is C16H20N2O3. The van der Waals surface area contributed by atoms with Gasteiger partial charge in [-0.05, 0) is 31.5 Å². The summed E-state index contributed by atoms with van der Waals surface area (Å²) >= 11 is 0. The molecule has 5 nitrogen and oxygen atoms in total. The van der Waals surface area contributed by atoms with Gasteiger partial charge in [-0.1, -0.05) is 18.2 Å². The third kappa shape index (κ3) is 3.86. The maximum atomic E-state index is 12.2. The van der Waals surface area contributed by atoms with E-state index in [-0.39, 0.29) is 19.1 Å². The van der Waals surface area contributed by atoms with Gasteiger partial charge in [-0.15, -0.1) is 0 Å². The minimum absolute atomic E-state index is 0.0400. The lowest BCUT2D eigenvalue weighted by atomic mass is 10.2. The van der Waals surface area contributed by atoms with Gasteiger partial charge in [0, 0.05) is 17.8 Å². The number of para-hydroxylation sites is 1. The minimum Gasteiger partial charge on any atom is -0.491 e. The molecule has 112 valence electrons. The van der Waals surface area contributed by atoms with Crippen LogP contribution < -0.4 is 10.1 Å². The first kappa shape index (κ1) is 15.1. The minimum atomic E-state index is -0.141. The van der Waals surface area contributed by atoms with Gasteiger partial charge in [0.25, 0.3) is 5.91 Å². The van der Waals surface area contributed by atoms with Crippen LogP contribution in [0.4, 0.5) is 0 Å². The number of aromatic nitrogens is 1. The Morgan fingerprint density at radius 3 is 2.76 bits per heavy atom. The van der Waals surface area contributed by atoms with Crippen LogP contribution in [0.1, 0.15) is 27.3 Å². The number of amides is 1. The van der Waals surface area contributed by atoms with E-state index in [9.17, 15) is 4.79 Å². The molecule has 1 aromatic heterocycles. The fourth-order valence-electron chi connectivity index (χ4n) is 2.17. The molecule has 0 aliphatic rings. The smallest absolute Gasteiger partial charge is 0.268 e. The van der Waals surface area contributed by atoms with Crippen LogP contribution in [0.3, 0.4) is 0 Å². The van der Waals surface area contributed by atoms with Crippen LogP contribution >= 0.6 is 0 Å². The number of H-pyrrole nitrogens is 1. The largest absolute Gasteiger partial charge is 0.491 e. The zero-order valence-corrected chi connectivity index (χ0v) is 12.3. The Bertz CT molecular complexity index is 620. The monoisotopic (exact) mass is 288 g/mol. The van der Waals surface area contributed by atoms with Gasteiger partial charge < -0.3 is 20.1 Å². The van der Waals surface area contributed by atoms with Crippen LogP contribution in [0.2, 0.25) is 0 Å². The second-order valence-electron chi connectivity index (χ2n) is 4.87. The number of aliphatic hydroxyl groups excluding tert-OH is 1. The summed E-state index contributed by atoms with van der Waals surface area (Å²) in [6, 6.07) is 9.39. The maximum Gasteiger partial charge on any atom is 0.268 e. The molecule has 3 N–H and O–H groups in total. The number of benzene rings is 1. The molecule has 0 spiro atoms. The number of aromatic amines is 1. The molecule has 0 aliphatic carbocycles. The summed E-state index contributed by atoms with van der Waals surface area (Å²) < 4.78 is 5.44. The van der Waals surface area contributed by atoms with E-state index in [0.717, 1.165) is 16.8 Å². The molecule has 1 amide bonds. The van der Waals surface area contributed by atoms with Gasteiger partial charge in [0.2, 0.25) is 0 Å². The highest BCUT2D eigenvalue weighted by Crippen LogP contribution is 2.18. The summed E-state index contributed by atoms with van der Waals surface area (Å²) in [7, 11) is 0. The summed E-state index contributed by atoms with van der Waals surface area (Å²) in [5, 5.41) is 11.7. The van der Waals surface area contributed by atoms with Crippen LogP contribution in [0.5, 0.6) is 5.75 Å². The molecule has 21 heavy (non-hydrogen) atoms. The number of aryl methyl sites for hydroxylation is 2. The Morgan fingerprint density at radius 2 is 2.10 bits per heavy atom. The zero-order valence-electron chi connectivity index (χ0n) is 12.3. The first-order valence-corrected chi connectivity index (χ1v) is 6.87. The third-order valence-electron chi connectivity index (χ3n) is 3.14. The normalized spacial score (nSPS) is 10.4.